The smallest absolute Gasteiger partial charge is 0.0551 e. The summed E-state index contributed by atoms with van der Waals surface area (Å²) in [6.07, 6.45) is 1.10. The SMILES string of the molecule is CC(C)Cc1cccc(C(N)c2ccc(Br)cc2)c1. The third-order valence-corrected chi connectivity index (χ3v) is 3.71. The minimum absolute atomic E-state index is 0.0554. The van der Waals surface area contributed by atoms with Crippen LogP contribution in [0.2, 0.25) is 0 Å². The molecule has 0 saturated carbocycles. The predicted molar refractivity (Wildman–Crippen MR) is 85.2 cm³/mol. The van der Waals surface area contributed by atoms with E-state index in [-0.39, 0.29) is 6.04 Å². The first-order valence-electron chi connectivity index (χ1n) is 6.66. The molecule has 2 N–H and O–H groups in total. The summed E-state index contributed by atoms with van der Waals surface area (Å²) in [7, 11) is 0. The summed E-state index contributed by atoms with van der Waals surface area (Å²) in [5.74, 6) is 0.666. The molecule has 1 atom stereocenters. The maximum atomic E-state index is 6.35. The molecule has 1 unspecified atom stereocenters. The highest BCUT2D eigenvalue weighted by atomic mass is 79.9. The Hall–Kier alpha value is -1.12. The van der Waals surface area contributed by atoms with Crippen molar-refractivity contribution in [3.63, 3.8) is 0 Å². The Kier molecular flexibility index (Phi) is 4.78. The third kappa shape index (κ3) is 3.92. The topological polar surface area (TPSA) is 26.0 Å². The van der Waals surface area contributed by atoms with E-state index in [1.165, 1.54) is 11.1 Å². The Morgan fingerprint density at radius 1 is 1.00 bits per heavy atom. The number of rotatable bonds is 4. The summed E-state index contributed by atoms with van der Waals surface area (Å²) in [6.45, 7) is 4.47. The van der Waals surface area contributed by atoms with Crippen LogP contribution >= 0.6 is 15.9 Å². The van der Waals surface area contributed by atoms with Crippen molar-refractivity contribution in [2.24, 2.45) is 11.7 Å². The Morgan fingerprint density at radius 2 is 1.68 bits per heavy atom. The van der Waals surface area contributed by atoms with Gasteiger partial charge in [0.05, 0.1) is 6.04 Å². The number of nitrogens with two attached hydrogens (primary N) is 1. The van der Waals surface area contributed by atoms with Crippen molar-refractivity contribution in [3.8, 4) is 0 Å². The number of benzene rings is 2. The largest absolute Gasteiger partial charge is 0.320 e. The van der Waals surface area contributed by atoms with Gasteiger partial charge in [0, 0.05) is 4.47 Å². The van der Waals surface area contributed by atoms with E-state index in [2.05, 4.69) is 66.2 Å². The molecule has 2 aromatic rings. The molecule has 0 heterocycles. The normalized spacial score (nSPS) is 12.7. The van der Waals surface area contributed by atoms with Gasteiger partial charge < -0.3 is 5.73 Å². The highest BCUT2D eigenvalue weighted by Gasteiger charge is 2.09. The average molecular weight is 318 g/mol. The van der Waals surface area contributed by atoms with Crippen LogP contribution < -0.4 is 5.73 Å². The molecule has 0 saturated heterocycles. The first-order valence-corrected chi connectivity index (χ1v) is 7.45. The summed E-state index contributed by atoms with van der Waals surface area (Å²) < 4.78 is 1.08. The molecule has 2 rings (SSSR count). The van der Waals surface area contributed by atoms with Crippen molar-refractivity contribution in [3.05, 3.63) is 69.7 Å². The second-order valence-corrected chi connectivity index (χ2v) is 6.29. The summed E-state index contributed by atoms with van der Waals surface area (Å²) >= 11 is 3.45. The molecule has 1 nitrogen and oxygen atoms in total. The van der Waals surface area contributed by atoms with Gasteiger partial charge in [-0.3, -0.25) is 0 Å². The lowest BCUT2D eigenvalue weighted by atomic mass is 9.95. The van der Waals surface area contributed by atoms with Gasteiger partial charge >= 0.3 is 0 Å². The average Bonchev–Trinajstić information content (AvgIpc) is 2.38. The minimum Gasteiger partial charge on any atom is -0.320 e. The van der Waals surface area contributed by atoms with Crippen molar-refractivity contribution in [1.29, 1.82) is 0 Å². The van der Waals surface area contributed by atoms with Crippen molar-refractivity contribution in [1.82, 2.24) is 0 Å². The van der Waals surface area contributed by atoms with E-state index in [4.69, 9.17) is 5.73 Å². The van der Waals surface area contributed by atoms with Crippen LogP contribution in [0.25, 0.3) is 0 Å². The Morgan fingerprint density at radius 3 is 2.32 bits per heavy atom. The highest BCUT2D eigenvalue weighted by Crippen LogP contribution is 2.23. The molecule has 0 aliphatic heterocycles. The van der Waals surface area contributed by atoms with E-state index >= 15 is 0 Å². The summed E-state index contributed by atoms with van der Waals surface area (Å²) in [4.78, 5) is 0. The number of hydrogen-bond acceptors (Lipinski definition) is 1. The molecular weight excluding hydrogens is 298 g/mol. The Labute approximate surface area is 124 Å². The number of hydrogen-bond donors (Lipinski definition) is 1. The quantitative estimate of drug-likeness (QED) is 0.869. The van der Waals surface area contributed by atoms with E-state index in [0.717, 1.165) is 16.5 Å². The van der Waals surface area contributed by atoms with Gasteiger partial charge in [0.2, 0.25) is 0 Å². The lowest BCUT2D eigenvalue weighted by molar-refractivity contribution is 0.646. The molecule has 0 bridgehead atoms. The van der Waals surface area contributed by atoms with E-state index in [1.807, 2.05) is 12.1 Å². The predicted octanol–water partition coefficient (Wildman–Crippen LogP) is 4.70. The molecule has 0 aliphatic carbocycles. The monoisotopic (exact) mass is 317 g/mol. The van der Waals surface area contributed by atoms with Gasteiger partial charge in [-0.1, -0.05) is 66.2 Å². The van der Waals surface area contributed by atoms with Crippen molar-refractivity contribution in [2.45, 2.75) is 26.3 Å². The molecule has 0 radical (unpaired) electrons. The van der Waals surface area contributed by atoms with Crippen LogP contribution in [0, 0.1) is 5.92 Å². The maximum absolute atomic E-state index is 6.35. The van der Waals surface area contributed by atoms with Gasteiger partial charge in [0.15, 0.2) is 0 Å². The third-order valence-electron chi connectivity index (χ3n) is 3.18. The van der Waals surface area contributed by atoms with Crippen LogP contribution in [0.4, 0.5) is 0 Å². The van der Waals surface area contributed by atoms with Crippen LogP contribution in [-0.2, 0) is 6.42 Å². The zero-order valence-corrected chi connectivity index (χ0v) is 13.0. The van der Waals surface area contributed by atoms with Crippen LogP contribution in [-0.4, -0.2) is 0 Å². The van der Waals surface area contributed by atoms with Gasteiger partial charge in [0.1, 0.15) is 0 Å². The van der Waals surface area contributed by atoms with E-state index in [9.17, 15) is 0 Å². The fourth-order valence-electron chi connectivity index (χ4n) is 2.25. The van der Waals surface area contributed by atoms with Gasteiger partial charge in [-0.15, -0.1) is 0 Å². The number of halogens is 1. The fourth-order valence-corrected chi connectivity index (χ4v) is 2.51. The summed E-state index contributed by atoms with van der Waals surface area (Å²) in [5.41, 5.74) is 10.0. The molecule has 0 aromatic heterocycles. The lowest BCUT2D eigenvalue weighted by Gasteiger charge is -2.14. The lowest BCUT2D eigenvalue weighted by Crippen LogP contribution is -2.12. The first-order chi connectivity index (χ1) is 9.06. The van der Waals surface area contributed by atoms with Crippen LogP contribution in [0.3, 0.4) is 0 Å². The van der Waals surface area contributed by atoms with Crippen molar-refractivity contribution >= 4 is 15.9 Å². The van der Waals surface area contributed by atoms with Gasteiger partial charge in [-0.2, -0.15) is 0 Å². The second-order valence-electron chi connectivity index (χ2n) is 5.37. The molecule has 0 aliphatic rings. The summed E-state index contributed by atoms with van der Waals surface area (Å²) in [6, 6.07) is 16.8. The minimum atomic E-state index is -0.0554. The Bertz CT molecular complexity index is 531. The zero-order valence-electron chi connectivity index (χ0n) is 11.4. The molecule has 0 spiro atoms. The fraction of sp³-hybridized carbons (Fsp3) is 0.294. The molecular formula is C17H20BrN. The molecule has 0 fully saturated rings. The van der Waals surface area contributed by atoms with Gasteiger partial charge in [0.25, 0.3) is 0 Å². The molecule has 100 valence electrons. The van der Waals surface area contributed by atoms with Gasteiger partial charge in [-0.25, -0.2) is 0 Å². The van der Waals surface area contributed by atoms with E-state index in [0.29, 0.717) is 5.92 Å². The van der Waals surface area contributed by atoms with Crippen LogP contribution in [0.1, 0.15) is 36.6 Å². The van der Waals surface area contributed by atoms with E-state index in [1.54, 1.807) is 0 Å². The maximum Gasteiger partial charge on any atom is 0.0551 e. The van der Waals surface area contributed by atoms with E-state index < -0.39 is 0 Å². The molecule has 19 heavy (non-hydrogen) atoms. The van der Waals surface area contributed by atoms with Crippen LogP contribution in [0.5, 0.6) is 0 Å². The summed E-state index contributed by atoms with van der Waals surface area (Å²) in [5, 5.41) is 0. The van der Waals surface area contributed by atoms with Crippen molar-refractivity contribution < 1.29 is 0 Å². The second kappa shape index (κ2) is 6.36. The molecule has 2 heteroatoms. The standard InChI is InChI=1S/C17H20BrN/c1-12(2)10-13-4-3-5-15(11-13)17(19)14-6-8-16(18)9-7-14/h3-9,11-12,17H,10,19H2,1-2H3. The highest BCUT2D eigenvalue weighted by molar-refractivity contribution is 9.10. The zero-order chi connectivity index (χ0) is 13.8. The van der Waals surface area contributed by atoms with Crippen LogP contribution in [0.15, 0.2) is 53.0 Å². The Balaban J connectivity index is 2.23. The van der Waals surface area contributed by atoms with Crippen molar-refractivity contribution in [2.75, 3.05) is 0 Å². The molecule has 2 aromatic carbocycles. The van der Waals surface area contributed by atoms with Gasteiger partial charge in [-0.05, 0) is 41.2 Å². The molecule has 0 amide bonds. The first kappa shape index (κ1) is 14.3.